The van der Waals surface area contributed by atoms with Gasteiger partial charge in [0.2, 0.25) is 0 Å². The quantitative estimate of drug-likeness (QED) is 0.256. The number of hydrogen-bond donors (Lipinski definition) is 0. The summed E-state index contributed by atoms with van der Waals surface area (Å²) in [5.41, 5.74) is 3.35. The molecule has 32 heavy (non-hydrogen) atoms. The first kappa shape index (κ1) is 22.9. The molecular weight excluding hydrogens is 410 g/mol. The van der Waals surface area contributed by atoms with E-state index in [2.05, 4.69) is 10.1 Å². The third-order valence-electron chi connectivity index (χ3n) is 5.41. The summed E-state index contributed by atoms with van der Waals surface area (Å²) in [4.78, 5) is 33.4. The van der Waals surface area contributed by atoms with E-state index in [0.717, 1.165) is 11.3 Å². The third kappa shape index (κ3) is 5.26. The minimum absolute atomic E-state index is 0.0388. The topological polar surface area (TPSA) is 103 Å². The fourth-order valence-electron chi connectivity index (χ4n) is 3.89. The number of methoxy groups -OCH3 is 1. The van der Waals surface area contributed by atoms with Crippen LogP contribution in [-0.4, -0.2) is 29.9 Å². The Balaban J connectivity index is 1.87. The highest BCUT2D eigenvalue weighted by Crippen LogP contribution is 2.41. The Morgan fingerprint density at radius 3 is 2.62 bits per heavy atom. The number of allylic oxidation sites excluding steroid dienone is 1. The molecule has 1 aliphatic rings. The van der Waals surface area contributed by atoms with Gasteiger partial charge in [-0.05, 0) is 31.4 Å². The maximum atomic E-state index is 12.6. The van der Waals surface area contributed by atoms with Crippen LogP contribution in [0.5, 0.6) is 0 Å². The van der Waals surface area contributed by atoms with Crippen LogP contribution >= 0.6 is 0 Å². The van der Waals surface area contributed by atoms with E-state index in [1.165, 1.54) is 19.2 Å². The van der Waals surface area contributed by atoms with E-state index in [4.69, 9.17) is 9.57 Å². The number of nitrogens with zero attached hydrogens (tertiary/aromatic N) is 3. The molecule has 1 heterocycles. The molecule has 0 bridgehead atoms. The summed E-state index contributed by atoms with van der Waals surface area (Å²) in [6, 6.07) is 16.0. The van der Waals surface area contributed by atoms with Gasteiger partial charge in [0.15, 0.2) is 0 Å². The van der Waals surface area contributed by atoms with Crippen LogP contribution in [0.4, 0.5) is 5.69 Å². The maximum absolute atomic E-state index is 12.6. The molecule has 8 heteroatoms. The van der Waals surface area contributed by atoms with Crippen LogP contribution in [0.3, 0.4) is 0 Å². The summed E-state index contributed by atoms with van der Waals surface area (Å²) in [5.74, 6) is -1.20. The highest BCUT2D eigenvalue weighted by molar-refractivity contribution is 5.98. The van der Waals surface area contributed by atoms with Crippen molar-refractivity contribution >= 4 is 23.6 Å². The molecule has 166 valence electrons. The number of nitro groups is 1. The van der Waals surface area contributed by atoms with Gasteiger partial charge in [0.05, 0.1) is 17.6 Å². The SMILES string of the molecule is COC(=O)C1=C(C)N=C(C)C(C/C=N/OCc2ccccc2)C1c1cccc([N+](=O)[O-])c1. The van der Waals surface area contributed by atoms with Crippen molar-refractivity contribution in [2.24, 2.45) is 16.1 Å². The van der Waals surface area contributed by atoms with Crippen LogP contribution in [0.1, 0.15) is 37.3 Å². The Kier molecular flexibility index (Phi) is 7.49. The van der Waals surface area contributed by atoms with E-state index >= 15 is 0 Å². The van der Waals surface area contributed by atoms with E-state index in [9.17, 15) is 14.9 Å². The number of carbonyl (C=O) groups excluding carboxylic acids is 1. The van der Waals surface area contributed by atoms with Gasteiger partial charge in [-0.3, -0.25) is 15.1 Å². The average Bonchev–Trinajstić information content (AvgIpc) is 2.80. The van der Waals surface area contributed by atoms with E-state index in [0.29, 0.717) is 29.9 Å². The predicted octanol–water partition coefficient (Wildman–Crippen LogP) is 4.81. The van der Waals surface area contributed by atoms with Gasteiger partial charge in [-0.1, -0.05) is 47.6 Å². The number of non-ortho nitro benzene ring substituents is 1. The lowest BCUT2D eigenvalue weighted by atomic mass is 9.74. The summed E-state index contributed by atoms with van der Waals surface area (Å²) in [7, 11) is 1.31. The number of rotatable bonds is 8. The van der Waals surface area contributed by atoms with Crippen LogP contribution < -0.4 is 0 Å². The number of carbonyl (C=O) groups is 1. The maximum Gasteiger partial charge on any atom is 0.336 e. The minimum atomic E-state index is -0.502. The van der Waals surface area contributed by atoms with Crippen LogP contribution in [0, 0.1) is 16.0 Å². The van der Waals surface area contributed by atoms with Gasteiger partial charge < -0.3 is 9.57 Å². The number of aliphatic imine (C=N–C) groups is 1. The zero-order valence-corrected chi connectivity index (χ0v) is 18.2. The molecule has 0 aliphatic carbocycles. The number of nitro benzene ring substituents is 1. The fourth-order valence-corrected chi connectivity index (χ4v) is 3.89. The fraction of sp³-hybridized carbons (Fsp3) is 0.292. The molecule has 0 amide bonds. The Morgan fingerprint density at radius 2 is 1.94 bits per heavy atom. The average molecular weight is 435 g/mol. The van der Waals surface area contributed by atoms with Crippen LogP contribution in [0.25, 0.3) is 0 Å². The van der Waals surface area contributed by atoms with E-state index in [-0.39, 0.29) is 11.6 Å². The van der Waals surface area contributed by atoms with Gasteiger partial charge in [0.25, 0.3) is 5.69 Å². The number of hydrogen-bond acceptors (Lipinski definition) is 7. The van der Waals surface area contributed by atoms with Crippen molar-refractivity contribution in [3.05, 3.63) is 87.1 Å². The monoisotopic (exact) mass is 435 g/mol. The number of oxime groups is 1. The van der Waals surface area contributed by atoms with E-state index in [1.54, 1.807) is 25.3 Å². The van der Waals surface area contributed by atoms with Crippen LogP contribution in [-0.2, 0) is 21.0 Å². The molecule has 2 unspecified atom stereocenters. The van der Waals surface area contributed by atoms with Gasteiger partial charge in [0, 0.05) is 41.6 Å². The smallest absolute Gasteiger partial charge is 0.336 e. The summed E-state index contributed by atoms with van der Waals surface area (Å²) < 4.78 is 5.01. The van der Waals surface area contributed by atoms with Crippen molar-refractivity contribution in [2.75, 3.05) is 7.11 Å². The lowest BCUT2D eigenvalue weighted by molar-refractivity contribution is -0.384. The van der Waals surface area contributed by atoms with Crippen LogP contribution in [0.15, 0.2) is 76.0 Å². The second-order valence-electron chi connectivity index (χ2n) is 7.46. The number of esters is 1. The van der Waals surface area contributed by atoms with Gasteiger partial charge >= 0.3 is 5.97 Å². The van der Waals surface area contributed by atoms with Gasteiger partial charge in [-0.25, -0.2) is 4.79 Å². The van der Waals surface area contributed by atoms with Crippen LogP contribution in [0.2, 0.25) is 0 Å². The molecule has 0 spiro atoms. The lowest BCUT2D eigenvalue weighted by Gasteiger charge is -2.32. The van der Waals surface area contributed by atoms with Crippen molar-refractivity contribution in [2.45, 2.75) is 32.8 Å². The first-order chi connectivity index (χ1) is 15.4. The zero-order chi connectivity index (χ0) is 23.1. The van der Waals surface area contributed by atoms with Crippen molar-refractivity contribution in [3.63, 3.8) is 0 Å². The largest absolute Gasteiger partial charge is 0.466 e. The van der Waals surface area contributed by atoms with E-state index < -0.39 is 16.8 Å². The van der Waals surface area contributed by atoms with Crippen molar-refractivity contribution in [1.29, 1.82) is 0 Å². The molecule has 2 aromatic carbocycles. The molecule has 2 aromatic rings. The van der Waals surface area contributed by atoms with Crippen molar-refractivity contribution < 1.29 is 19.3 Å². The molecule has 2 atom stereocenters. The second-order valence-corrected chi connectivity index (χ2v) is 7.46. The van der Waals surface area contributed by atoms with Gasteiger partial charge in [-0.15, -0.1) is 0 Å². The third-order valence-corrected chi connectivity index (χ3v) is 5.41. The normalized spacial score (nSPS) is 18.4. The first-order valence-corrected chi connectivity index (χ1v) is 10.2. The predicted molar refractivity (Wildman–Crippen MR) is 121 cm³/mol. The summed E-state index contributed by atoms with van der Waals surface area (Å²) >= 11 is 0. The van der Waals surface area contributed by atoms with E-state index in [1.807, 2.05) is 37.3 Å². The highest BCUT2D eigenvalue weighted by atomic mass is 16.6. The molecule has 0 saturated heterocycles. The lowest BCUT2D eigenvalue weighted by Crippen LogP contribution is -2.30. The highest BCUT2D eigenvalue weighted by Gasteiger charge is 2.37. The summed E-state index contributed by atoms with van der Waals surface area (Å²) in [5, 5.41) is 15.4. The Morgan fingerprint density at radius 1 is 1.19 bits per heavy atom. The Bertz CT molecular complexity index is 1080. The summed E-state index contributed by atoms with van der Waals surface area (Å²) in [6.45, 7) is 3.97. The molecule has 1 aliphatic heterocycles. The van der Waals surface area contributed by atoms with Gasteiger partial charge in [-0.2, -0.15) is 0 Å². The molecule has 0 N–H and O–H groups in total. The Hall–Kier alpha value is -3.81. The molecule has 0 saturated carbocycles. The standard InChI is InChI=1S/C24H25N3O5/c1-16-21(12-13-25-32-15-18-8-5-4-6-9-18)23(22(17(2)26-16)24(28)31-3)19-10-7-11-20(14-19)27(29)30/h4-11,13-14,21,23H,12,15H2,1-3H3/b25-13+. The molecule has 3 rings (SSSR count). The first-order valence-electron chi connectivity index (χ1n) is 10.2. The molecule has 0 fully saturated rings. The second kappa shape index (κ2) is 10.5. The summed E-state index contributed by atoms with van der Waals surface area (Å²) in [6.07, 6.45) is 2.08. The van der Waals surface area contributed by atoms with Crippen molar-refractivity contribution in [1.82, 2.24) is 0 Å². The molecule has 0 aromatic heterocycles. The molecule has 0 radical (unpaired) electrons. The zero-order valence-electron chi connectivity index (χ0n) is 18.2. The van der Waals surface area contributed by atoms with Gasteiger partial charge in [0.1, 0.15) is 6.61 Å². The number of benzene rings is 2. The Labute approximate surface area is 186 Å². The molecular formula is C24H25N3O5. The molecule has 8 nitrogen and oxygen atoms in total. The number of ether oxygens (including phenoxy) is 1. The van der Waals surface area contributed by atoms with Crippen molar-refractivity contribution in [3.8, 4) is 0 Å². The minimum Gasteiger partial charge on any atom is -0.466 e.